The van der Waals surface area contributed by atoms with Gasteiger partial charge in [0, 0.05) is 20.5 Å². The molecule has 0 aliphatic heterocycles. The van der Waals surface area contributed by atoms with Crippen LogP contribution in [0.15, 0.2) is 82.6 Å². The minimum absolute atomic E-state index is 0.130. The van der Waals surface area contributed by atoms with Crippen LogP contribution < -0.4 is 10.6 Å². The summed E-state index contributed by atoms with van der Waals surface area (Å²) in [7, 11) is 1.31. The van der Waals surface area contributed by atoms with E-state index in [0.29, 0.717) is 16.7 Å². The van der Waals surface area contributed by atoms with Gasteiger partial charge in [-0.2, -0.15) is 0 Å². The Morgan fingerprint density at radius 1 is 0.943 bits per heavy atom. The van der Waals surface area contributed by atoms with Gasteiger partial charge >= 0.3 is 12.2 Å². The number of halogens is 1. The number of H-pyrrole nitrogens is 1. The average Bonchev–Trinajstić information content (AvgIpc) is 3.21. The predicted molar refractivity (Wildman–Crippen MR) is 139 cm³/mol. The number of aromatic nitrogens is 2. The lowest BCUT2D eigenvalue weighted by molar-refractivity contribution is 0.130. The number of carbonyl (C=O) groups is 2. The molecule has 0 saturated carbocycles. The van der Waals surface area contributed by atoms with Crippen molar-refractivity contribution in [3.63, 3.8) is 0 Å². The number of methoxy groups -OCH3 is 1. The van der Waals surface area contributed by atoms with Gasteiger partial charge in [-0.3, -0.25) is 10.6 Å². The molecule has 0 aliphatic carbocycles. The highest BCUT2D eigenvalue weighted by molar-refractivity contribution is 7.99. The van der Waals surface area contributed by atoms with Crippen LogP contribution in [0, 0.1) is 0 Å². The number of rotatable bonds is 5. The van der Waals surface area contributed by atoms with Crippen molar-refractivity contribution in [1.82, 2.24) is 9.97 Å². The van der Waals surface area contributed by atoms with Crippen molar-refractivity contribution in [1.29, 1.82) is 0 Å². The Morgan fingerprint density at radius 2 is 1.71 bits per heavy atom. The number of hydrogen-bond donors (Lipinski definition) is 3. The molecule has 1 aromatic heterocycles. The second kappa shape index (κ2) is 12.7. The molecule has 0 bridgehead atoms. The largest absolute Gasteiger partial charge is 0.453 e. The van der Waals surface area contributed by atoms with E-state index in [-0.39, 0.29) is 6.10 Å². The summed E-state index contributed by atoms with van der Waals surface area (Å²) in [6.45, 7) is 3.58. The van der Waals surface area contributed by atoms with Crippen molar-refractivity contribution < 1.29 is 19.1 Å². The third kappa shape index (κ3) is 8.55. The van der Waals surface area contributed by atoms with Crippen LogP contribution in [0.5, 0.6) is 0 Å². The molecule has 4 aromatic rings. The molecule has 1 heterocycles. The van der Waals surface area contributed by atoms with Crippen LogP contribution in [-0.4, -0.2) is 35.4 Å². The Balaban J connectivity index is 0.000000214. The number of fused-ring (bicyclic) bond motifs is 1. The normalized spacial score (nSPS) is 10.3. The lowest BCUT2D eigenvalue weighted by Gasteiger charge is -2.09. The predicted octanol–water partition coefficient (Wildman–Crippen LogP) is 7.19. The molecule has 8 nitrogen and oxygen atoms in total. The molecule has 35 heavy (non-hydrogen) atoms. The minimum atomic E-state index is -0.548. The van der Waals surface area contributed by atoms with Crippen molar-refractivity contribution >= 4 is 58.2 Å². The van der Waals surface area contributed by atoms with Gasteiger partial charge in [-0.1, -0.05) is 47.6 Å². The molecule has 3 N–H and O–H groups in total. The molecule has 3 aromatic carbocycles. The molecule has 4 rings (SSSR count). The van der Waals surface area contributed by atoms with E-state index in [1.165, 1.54) is 12.0 Å². The van der Waals surface area contributed by atoms with Crippen molar-refractivity contribution in [2.75, 3.05) is 17.7 Å². The van der Waals surface area contributed by atoms with E-state index in [4.69, 9.17) is 16.3 Å². The number of hydrogen-bond acceptors (Lipinski definition) is 6. The van der Waals surface area contributed by atoms with Crippen molar-refractivity contribution in [2.24, 2.45) is 0 Å². The first-order chi connectivity index (χ1) is 16.8. The Labute approximate surface area is 212 Å². The fourth-order valence-corrected chi connectivity index (χ4v) is 3.88. The van der Waals surface area contributed by atoms with Gasteiger partial charge in [0.1, 0.15) is 0 Å². The topological polar surface area (TPSA) is 105 Å². The van der Waals surface area contributed by atoms with Crippen molar-refractivity contribution in [2.45, 2.75) is 29.7 Å². The average molecular weight is 513 g/mol. The van der Waals surface area contributed by atoms with Crippen molar-refractivity contribution in [3.05, 3.63) is 77.8 Å². The van der Waals surface area contributed by atoms with E-state index in [1.54, 1.807) is 49.9 Å². The number of carbonyl (C=O) groups excluding carboxylic acids is 2. The fourth-order valence-electron chi connectivity index (χ4n) is 2.81. The molecular weight excluding hydrogens is 488 g/mol. The summed E-state index contributed by atoms with van der Waals surface area (Å²) in [6, 6.07) is 22.9. The van der Waals surface area contributed by atoms with Crippen LogP contribution in [0.4, 0.5) is 21.2 Å². The van der Waals surface area contributed by atoms with E-state index < -0.39 is 12.2 Å². The Kier molecular flexibility index (Phi) is 9.39. The van der Waals surface area contributed by atoms with Gasteiger partial charge in [0.15, 0.2) is 0 Å². The molecule has 10 heteroatoms. The van der Waals surface area contributed by atoms with Gasteiger partial charge in [0.25, 0.3) is 0 Å². The first-order valence-electron chi connectivity index (χ1n) is 10.6. The zero-order chi connectivity index (χ0) is 25.2. The second-order valence-electron chi connectivity index (χ2n) is 7.39. The minimum Gasteiger partial charge on any atom is -0.453 e. The summed E-state index contributed by atoms with van der Waals surface area (Å²) < 4.78 is 9.44. The fraction of sp³-hybridized carbons (Fsp3) is 0.160. The maximum atomic E-state index is 11.2. The molecule has 0 aliphatic rings. The number of aromatic amines is 1. The quantitative estimate of drug-likeness (QED) is 0.261. The van der Waals surface area contributed by atoms with Crippen molar-refractivity contribution in [3.8, 4) is 0 Å². The first kappa shape index (κ1) is 25.9. The number of nitrogens with zero attached hydrogens (tertiary/aromatic N) is 1. The molecule has 2 amide bonds. The number of benzene rings is 3. The van der Waals surface area contributed by atoms with Gasteiger partial charge < -0.3 is 14.5 Å². The second-order valence-corrected chi connectivity index (χ2v) is 8.97. The lowest BCUT2D eigenvalue weighted by Crippen LogP contribution is -2.17. The molecule has 182 valence electrons. The van der Waals surface area contributed by atoms with Crippen LogP contribution in [0.1, 0.15) is 13.8 Å². The highest BCUT2D eigenvalue weighted by Crippen LogP contribution is 2.29. The molecule has 0 saturated heterocycles. The smallest absolute Gasteiger partial charge is 0.413 e. The summed E-state index contributed by atoms with van der Waals surface area (Å²) in [5, 5.41) is 5.66. The van der Waals surface area contributed by atoms with Crippen LogP contribution in [-0.2, 0) is 9.47 Å². The van der Waals surface area contributed by atoms with Gasteiger partial charge in [0.05, 0.1) is 24.2 Å². The number of imidazole rings is 1. The Bertz CT molecular complexity index is 1280. The molecule has 0 atom stereocenters. The lowest BCUT2D eigenvalue weighted by atomic mass is 10.3. The Morgan fingerprint density at radius 3 is 2.40 bits per heavy atom. The highest BCUT2D eigenvalue weighted by Gasteiger charge is 2.08. The van der Waals surface area contributed by atoms with E-state index in [9.17, 15) is 9.59 Å². The van der Waals surface area contributed by atoms with Crippen LogP contribution in [0.2, 0.25) is 5.02 Å². The third-order valence-corrected chi connectivity index (χ3v) is 5.48. The molecule has 0 unspecified atom stereocenters. The van der Waals surface area contributed by atoms with Crippen LogP contribution >= 0.6 is 23.4 Å². The monoisotopic (exact) mass is 512 g/mol. The van der Waals surface area contributed by atoms with E-state index in [2.05, 4.69) is 37.5 Å². The number of anilines is 2. The summed E-state index contributed by atoms with van der Waals surface area (Å²) >= 11 is 7.41. The zero-order valence-corrected chi connectivity index (χ0v) is 20.9. The highest BCUT2D eigenvalue weighted by atomic mass is 35.5. The number of ether oxygens (including phenoxy) is 2. The summed E-state index contributed by atoms with van der Waals surface area (Å²) in [4.78, 5) is 31.9. The van der Waals surface area contributed by atoms with Gasteiger partial charge in [-0.05, 0) is 62.4 Å². The standard InChI is InChI=1S/C15H13N3O2S.C10H12ClNO2/c1-20-15(19)18-14-16-12-8-7-11(9-13(12)17-14)21-10-5-3-2-4-6-10;1-7(2)14-10(13)12-9-5-3-4-8(11)6-9/h2-9H,1H3,(H2,16,17,18,19);3-7H,1-2H3,(H,12,13). The summed E-state index contributed by atoms with van der Waals surface area (Å²) in [5.74, 6) is 0.374. The molecule has 0 spiro atoms. The SMILES string of the molecule is CC(C)OC(=O)Nc1cccc(Cl)c1.COC(=O)Nc1nc2ccc(Sc3ccccc3)cc2[nH]1. The first-order valence-corrected chi connectivity index (χ1v) is 11.8. The van der Waals surface area contributed by atoms with Gasteiger partial charge in [-0.25, -0.2) is 14.6 Å². The van der Waals surface area contributed by atoms with Gasteiger partial charge in [0.2, 0.25) is 5.95 Å². The Hall–Kier alpha value is -3.69. The molecule has 0 fully saturated rings. The van der Waals surface area contributed by atoms with Crippen LogP contribution in [0.3, 0.4) is 0 Å². The van der Waals surface area contributed by atoms with E-state index >= 15 is 0 Å². The third-order valence-electron chi connectivity index (χ3n) is 4.25. The summed E-state index contributed by atoms with van der Waals surface area (Å²) in [6.07, 6.45) is -1.15. The zero-order valence-electron chi connectivity index (χ0n) is 19.4. The van der Waals surface area contributed by atoms with Crippen LogP contribution in [0.25, 0.3) is 11.0 Å². The number of amides is 2. The molecule has 0 radical (unpaired) electrons. The van der Waals surface area contributed by atoms with Gasteiger partial charge in [-0.15, -0.1) is 0 Å². The molecular formula is C25H25ClN4O4S. The maximum Gasteiger partial charge on any atom is 0.413 e. The number of nitrogens with one attached hydrogen (secondary N) is 3. The maximum absolute atomic E-state index is 11.2. The van der Waals surface area contributed by atoms with E-state index in [0.717, 1.165) is 15.9 Å². The van der Waals surface area contributed by atoms with E-state index in [1.807, 2.05) is 36.4 Å². The summed E-state index contributed by atoms with van der Waals surface area (Å²) in [5.41, 5.74) is 2.28.